The summed E-state index contributed by atoms with van der Waals surface area (Å²) >= 11 is 0. The second-order valence-electron chi connectivity index (χ2n) is 3.90. The first-order chi connectivity index (χ1) is 9.19. The summed E-state index contributed by atoms with van der Waals surface area (Å²) in [5, 5.41) is 20.7. The number of rotatable bonds is 4. The highest BCUT2D eigenvalue weighted by molar-refractivity contribution is 5.87. The highest BCUT2D eigenvalue weighted by atomic mass is 16.4. The number of nitriles is 1. The van der Waals surface area contributed by atoms with E-state index in [1.807, 2.05) is 12.1 Å². The first kappa shape index (κ1) is 12.6. The van der Waals surface area contributed by atoms with Gasteiger partial charge in [-0.2, -0.15) is 5.26 Å². The average molecular weight is 253 g/mol. The zero-order valence-electron chi connectivity index (χ0n) is 10.00. The third kappa shape index (κ3) is 3.30. The van der Waals surface area contributed by atoms with Gasteiger partial charge >= 0.3 is 5.97 Å². The van der Waals surface area contributed by atoms with E-state index >= 15 is 0 Å². The third-order valence-corrected chi connectivity index (χ3v) is 2.54. The van der Waals surface area contributed by atoms with Crippen molar-refractivity contribution in [3.63, 3.8) is 0 Å². The Hall–Kier alpha value is -2.87. The Morgan fingerprint density at radius 1 is 1.37 bits per heavy atom. The lowest BCUT2D eigenvalue weighted by Gasteiger charge is -2.06. The van der Waals surface area contributed by atoms with E-state index in [1.165, 1.54) is 0 Å². The fourth-order valence-electron chi connectivity index (χ4n) is 1.60. The van der Waals surface area contributed by atoms with Crippen LogP contribution >= 0.6 is 0 Å². The van der Waals surface area contributed by atoms with Crippen molar-refractivity contribution in [2.75, 3.05) is 5.32 Å². The number of aromatic nitrogens is 1. The Balaban J connectivity index is 2.08. The first-order valence-corrected chi connectivity index (χ1v) is 5.61. The minimum absolute atomic E-state index is 0.248. The molecule has 0 aliphatic heterocycles. The maximum Gasteiger partial charge on any atom is 0.335 e. The molecule has 19 heavy (non-hydrogen) atoms. The zero-order chi connectivity index (χ0) is 13.7. The maximum absolute atomic E-state index is 10.8. The van der Waals surface area contributed by atoms with Crippen LogP contribution in [0, 0.1) is 11.3 Å². The Labute approximate surface area is 110 Å². The van der Waals surface area contributed by atoms with Gasteiger partial charge < -0.3 is 10.4 Å². The molecule has 0 spiro atoms. The van der Waals surface area contributed by atoms with E-state index in [-0.39, 0.29) is 5.56 Å². The van der Waals surface area contributed by atoms with Crippen molar-refractivity contribution < 1.29 is 9.90 Å². The topological polar surface area (TPSA) is 86.0 Å². The average Bonchev–Trinajstić information content (AvgIpc) is 2.45. The second-order valence-corrected chi connectivity index (χ2v) is 3.90. The van der Waals surface area contributed by atoms with Crippen LogP contribution in [-0.4, -0.2) is 16.1 Å². The molecule has 1 aromatic heterocycles. The maximum atomic E-state index is 10.8. The minimum Gasteiger partial charge on any atom is -0.478 e. The van der Waals surface area contributed by atoms with Crippen molar-refractivity contribution in [1.29, 1.82) is 5.26 Å². The summed E-state index contributed by atoms with van der Waals surface area (Å²) in [4.78, 5) is 14.9. The molecule has 2 N–H and O–H groups in total. The van der Waals surface area contributed by atoms with Crippen molar-refractivity contribution in [1.82, 2.24) is 4.98 Å². The molecule has 0 aliphatic rings. The van der Waals surface area contributed by atoms with Crippen LogP contribution < -0.4 is 5.32 Å². The number of pyridine rings is 1. The SMILES string of the molecule is N#Cc1ccnc(NCc2cccc(C(=O)O)c2)c1. The van der Waals surface area contributed by atoms with Gasteiger partial charge in [-0.25, -0.2) is 9.78 Å². The van der Waals surface area contributed by atoms with Gasteiger partial charge in [0.05, 0.1) is 17.2 Å². The number of nitrogens with zero attached hydrogens (tertiary/aromatic N) is 2. The second kappa shape index (κ2) is 5.65. The first-order valence-electron chi connectivity index (χ1n) is 5.61. The van der Waals surface area contributed by atoms with E-state index in [4.69, 9.17) is 10.4 Å². The van der Waals surface area contributed by atoms with Crippen molar-refractivity contribution >= 4 is 11.8 Å². The largest absolute Gasteiger partial charge is 0.478 e. The van der Waals surface area contributed by atoms with Crippen LogP contribution in [0.2, 0.25) is 0 Å². The normalized spacial score (nSPS) is 9.63. The Morgan fingerprint density at radius 3 is 2.95 bits per heavy atom. The molecule has 0 bridgehead atoms. The number of hydrogen-bond donors (Lipinski definition) is 2. The number of nitrogens with one attached hydrogen (secondary N) is 1. The van der Waals surface area contributed by atoms with Gasteiger partial charge in [0, 0.05) is 12.7 Å². The summed E-state index contributed by atoms with van der Waals surface area (Å²) in [6, 6.07) is 12.0. The number of carboxylic acids is 1. The van der Waals surface area contributed by atoms with E-state index < -0.39 is 5.97 Å². The van der Waals surface area contributed by atoms with Gasteiger partial charge in [0.25, 0.3) is 0 Å². The van der Waals surface area contributed by atoms with Crippen molar-refractivity contribution in [2.45, 2.75) is 6.54 Å². The molecule has 0 fully saturated rings. The number of anilines is 1. The summed E-state index contributed by atoms with van der Waals surface area (Å²) in [6.07, 6.45) is 1.55. The van der Waals surface area contributed by atoms with E-state index in [9.17, 15) is 4.79 Å². The van der Waals surface area contributed by atoms with Gasteiger partial charge in [-0.15, -0.1) is 0 Å². The van der Waals surface area contributed by atoms with Crippen molar-refractivity contribution in [3.8, 4) is 6.07 Å². The lowest BCUT2D eigenvalue weighted by molar-refractivity contribution is 0.0697. The van der Waals surface area contributed by atoms with Crippen LogP contribution in [0.4, 0.5) is 5.82 Å². The highest BCUT2D eigenvalue weighted by Crippen LogP contribution is 2.10. The molecular formula is C14H11N3O2. The molecule has 2 aromatic rings. The molecule has 1 aromatic carbocycles. The molecule has 1 heterocycles. The summed E-state index contributed by atoms with van der Waals surface area (Å²) in [5.41, 5.74) is 1.61. The van der Waals surface area contributed by atoms with Gasteiger partial charge in [0.2, 0.25) is 0 Å². The van der Waals surface area contributed by atoms with Gasteiger partial charge in [0.1, 0.15) is 5.82 Å². The van der Waals surface area contributed by atoms with Crippen LogP contribution in [0.3, 0.4) is 0 Å². The van der Waals surface area contributed by atoms with Crippen LogP contribution in [-0.2, 0) is 6.54 Å². The number of carboxylic acid groups (broad SMARTS) is 1. The Morgan fingerprint density at radius 2 is 2.21 bits per heavy atom. The molecular weight excluding hydrogens is 242 g/mol. The van der Waals surface area contributed by atoms with Gasteiger partial charge in [-0.1, -0.05) is 12.1 Å². The number of aromatic carboxylic acids is 1. The van der Waals surface area contributed by atoms with Crippen LogP contribution in [0.1, 0.15) is 21.5 Å². The minimum atomic E-state index is -0.952. The Kier molecular flexibility index (Phi) is 3.74. The van der Waals surface area contributed by atoms with Crippen molar-refractivity contribution in [2.24, 2.45) is 0 Å². The molecule has 0 amide bonds. The lowest BCUT2D eigenvalue weighted by Crippen LogP contribution is -2.03. The van der Waals surface area contributed by atoms with Crippen LogP contribution in [0.5, 0.6) is 0 Å². The summed E-state index contributed by atoms with van der Waals surface area (Å²) < 4.78 is 0. The van der Waals surface area contributed by atoms with E-state index in [0.29, 0.717) is 17.9 Å². The highest BCUT2D eigenvalue weighted by Gasteiger charge is 2.03. The molecule has 0 radical (unpaired) electrons. The molecule has 0 unspecified atom stereocenters. The molecule has 94 valence electrons. The fraction of sp³-hybridized carbons (Fsp3) is 0.0714. The quantitative estimate of drug-likeness (QED) is 0.872. The Bertz CT molecular complexity index is 647. The molecule has 2 rings (SSSR count). The summed E-state index contributed by atoms with van der Waals surface area (Å²) in [6.45, 7) is 0.447. The van der Waals surface area contributed by atoms with Gasteiger partial charge in [-0.3, -0.25) is 0 Å². The third-order valence-electron chi connectivity index (χ3n) is 2.54. The van der Waals surface area contributed by atoms with Gasteiger partial charge in [0.15, 0.2) is 0 Å². The molecule has 5 heteroatoms. The van der Waals surface area contributed by atoms with E-state index in [1.54, 1.807) is 36.5 Å². The summed E-state index contributed by atoms with van der Waals surface area (Å²) in [7, 11) is 0. The predicted molar refractivity (Wildman–Crippen MR) is 69.7 cm³/mol. The number of carbonyl (C=O) groups is 1. The smallest absolute Gasteiger partial charge is 0.335 e. The predicted octanol–water partition coefficient (Wildman–Crippen LogP) is 2.26. The molecule has 0 aliphatic carbocycles. The number of hydrogen-bond acceptors (Lipinski definition) is 4. The molecule has 0 saturated heterocycles. The van der Waals surface area contributed by atoms with Crippen LogP contribution in [0.25, 0.3) is 0 Å². The van der Waals surface area contributed by atoms with Crippen LogP contribution in [0.15, 0.2) is 42.6 Å². The van der Waals surface area contributed by atoms with E-state index in [0.717, 1.165) is 5.56 Å². The fourth-order valence-corrected chi connectivity index (χ4v) is 1.60. The zero-order valence-corrected chi connectivity index (χ0v) is 10.00. The van der Waals surface area contributed by atoms with Gasteiger partial charge in [-0.05, 0) is 29.8 Å². The molecule has 5 nitrogen and oxygen atoms in total. The van der Waals surface area contributed by atoms with Crippen molar-refractivity contribution in [3.05, 3.63) is 59.3 Å². The molecule has 0 atom stereocenters. The number of benzene rings is 1. The summed E-state index contributed by atoms with van der Waals surface area (Å²) in [5.74, 6) is -0.369. The van der Waals surface area contributed by atoms with E-state index in [2.05, 4.69) is 10.3 Å². The molecule has 0 saturated carbocycles. The lowest BCUT2D eigenvalue weighted by atomic mass is 10.1. The monoisotopic (exact) mass is 253 g/mol. The standard InChI is InChI=1S/C14H11N3O2/c15-8-10-4-5-16-13(7-10)17-9-11-2-1-3-12(6-11)14(18)19/h1-7H,9H2,(H,16,17)(H,18,19).